The number of carbonyl (C=O) groups excluding carboxylic acids is 1. The minimum Gasteiger partial charge on any atom is -0.322 e. The molecule has 5 heteroatoms. The Morgan fingerprint density at radius 1 is 1.00 bits per heavy atom. The molecule has 5 nitrogen and oxygen atoms in total. The smallest absolute Gasteiger partial charge is 0.255 e. The lowest BCUT2D eigenvalue weighted by Crippen LogP contribution is -2.11. The number of amides is 1. The summed E-state index contributed by atoms with van der Waals surface area (Å²) in [5.74, 6) is -0.100. The Labute approximate surface area is 248 Å². The van der Waals surface area contributed by atoms with Crippen LogP contribution in [0.4, 0.5) is 5.69 Å². The van der Waals surface area contributed by atoms with Gasteiger partial charge in [-0.2, -0.15) is 5.10 Å². The van der Waals surface area contributed by atoms with Crippen LogP contribution in [0.5, 0.6) is 0 Å². The molecule has 2 N–H and O–H groups in total. The predicted octanol–water partition coefficient (Wildman–Crippen LogP) is 10.5. The van der Waals surface area contributed by atoms with Crippen molar-refractivity contribution in [1.82, 2.24) is 15.2 Å². The molecule has 1 amide bonds. The van der Waals surface area contributed by atoms with Gasteiger partial charge in [0.25, 0.3) is 5.91 Å². The predicted molar refractivity (Wildman–Crippen MR) is 178 cm³/mol. The number of nitrogens with zero attached hydrogens (tertiary/aromatic N) is 2. The van der Waals surface area contributed by atoms with Crippen LogP contribution in [0.1, 0.15) is 101 Å². The van der Waals surface area contributed by atoms with Gasteiger partial charge in [0.2, 0.25) is 0 Å². The molecule has 0 aliphatic rings. The first-order valence-electron chi connectivity index (χ1n) is 14.9. The van der Waals surface area contributed by atoms with Gasteiger partial charge in [0.05, 0.1) is 11.7 Å². The summed E-state index contributed by atoms with van der Waals surface area (Å²) in [5.41, 5.74) is 8.86. The largest absolute Gasteiger partial charge is 0.322 e. The quantitative estimate of drug-likeness (QED) is 0.223. The lowest BCUT2D eigenvalue weighted by Gasteiger charge is -2.09. The molecule has 0 saturated carbocycles. The number of aromatic nitrogens is 3. The van der Waals surface area contributed by atoms with Crippen LogP contribution in [-0.2, 0) is 0 Å². The van der Waals surface area contributed by atoms with Crippen molar-refractivity contribution in [2.24, 2.45) is 0 Å². The van der Waals surface area contributed by atoms with E-state index >= 15 is 0 Å². The van der Waals surface area contributed by atoms with Gasteiger partial charge in [-0.15, -0.1) is 0 Å². The van der Waals surface area contributed by atoms with Crippen molar-refractivity contribution in [3.05, 3.63) is 107 Å². The molecule has 4 rings (SSSR count). The van der Waals surface area contributed by atoms with Gasteiger partial charge in [0.1, 0.15) is 0 Å². The van der Waals surface area contributed by atoms with Crippen molar-refractivity contribution in [3.8, 4) is 0 Å². The van der Waals surface area contributed by atoms with E-state index in [1.54, 1.807) is 6.20 Å². The number of aromatic amines is 1. The van der Waals surface area contributed by atoms with Crippen LogP contribution in [0.25, 0.3) is 16.5 Å². The second-order valence-electron chi connectivity index (χ2n) is 9.48. The van der Waals surface area contributed by atoms with Gasteiger partial charge >= 0.3 is 0 Å². The van der Waals surface area contributed by atoms with E-state index in [4.69, 9.17) is 0 Å². The molecule has 0 unspecified atom stereocenters. The van der Waals surface area contributed by atoms with E-state index in [-0.39, 0.29) is 5.91 Å². The van der Waals surface area contributed by atoms with Crippen molar-refractivity contribution in [2.75, 3.05) is 5.32 Å². The van der Waals surface area contributed by atoms with Crippen LogP contribution >= 0.6 is 0 Å². The van der Waals surface area contributed by atoms with Gasteiger partial charge in [-0.3, -0.25) is 14.9 Å². The number of allylic oxidation sites excluding steroid dienone is 4. The third-order valence-electron chi connectivity index (χ3n) is 6.31. The van der Waals surface area contributed by atoms with E-state index in [0.717, 1.165) is 41.4 Å². The van der Waals surface area contributed by atoms with Crippen molar-refractivity contribution in [2.45, 2.75) is 88.0 Å². The number of aryl methyl sites for hydroxylation is 2. The number of fused-ring (bicyclic) bond motifs is 1. The number of hydrogen-bond donors (Lipinski definition) is 2. The Balaban J connectivity index is 0.000000349. The number of anilines is 1. The van der Waals surface area contributed by atoms with E-state index in [1.807, 2.05) is 88.5 Å². The Kier molecular flexibility index (Phi) is 17.1. The molecule has 0 aliphatic carbocycles. The number of rotatable bonds is 7. The standard InChI is InChI=1S/C17H14N2O.C12H20N2.C5H10.C2H6/c1-12-4-2-5-14(10-12)17(20)19-15-7-8-16-13(11-15)6-3-9-18-16;1-5-7-11(9(3)6-2)12-8-13-14-10(12)4;1-3-5-4-2;1-2/h2-11H,1H3,(H,19,20);8H,5-7H2,1-4H3,(H,13,14);3,5H,4H2,1-2H3;1-2H3/b;11-9+;5-3+;. The maximum absolute atomic E-state index is 12.2. The Hall–Kier alpha value is -3.99. The zero-order valence-electron chi connectivity index (χ0n) is 26.6. The molecule has 2 aromatic carbocycles. The minimum atomic E-state index is -0.100. The fourth-order valence-corrected chi connectivity index (χ4v) is 4.07. The van der Waals surface area contributed by atoms with E-state index in [1.165, 1.54) is 28.8 Å². The molecule has 0 spiro atoms. The van der Waals surface area contributed by atoms with Crippen LogP contribution < -0.4 is 5.32 Å². The summed E-state index contributed by atoms with van der Waals surface area (Å²) in [5, 5.41) is 11.0. The molecule has 0 saturated heterocycles. The summed E-state index contributed by atoms with van der Waals surface area (Å²) in [6.45, 7) is 18.9. The van der Waals surface area contributed by atoms with Crippen LogP contribution in [0.15, 0.2) is 84.7 Å². The van der Waals surface area contributed by atoms with Crippen molar-refractivity contribution >= 4 is 28.1 Å². The summed E-state index contributed by atoms with van der Waals surface area (Å²) >= 11 is 0. The van der Waals surface area contributed by atoms with Crippen LogP contribution in [0.3, 0.4) is 0 Å². The average molecular weight is 555 g/mol. The first-order chi connectivity index (χ1) is 19.8. The zero-order chi connectivity index (χ0) is 30.6. The number of pyridine rings is 1. The van der Waals surface area contributed by atoms with Gasteiger partial charge in [0.15, 0.2) is 0 Å². The van der Waals surface area contributed by atoms with Crippen molar-refractivity contribution in [3.63, 3.8) is 0 Å². The highest BCUT2D eigenvalue weighted by Gasteiger charge is 2.09. The van der Waals surface area contributed by atoms with E-state index in [2.05, 4.69) is 67.3 Å². The lowest BCUT2D eigenvalue weighted by molar-refractivity contribution is 0.102. The monoisotopic (exact) mass is 554 g/mol. The van der Waals surface area contributed by atoms with E-state index in [9.17, 15) is 4.79 Å². The van der Waals surface area contributed by atoms with Crippen molar-refractivity contribution < 1.29 is 4.79 Å². The molecule has 4 aromatic rings. The molecule has 0 bridgehead atoms. The SMILES string of the molecule is C/C=C/CC.CC.CCC/C(=C(/C)CC)c1cn[nH]c1C.Cc1cccc(C(=O)Nc2ccc3ncccc3c2)c1. The van der Waals surface area contributed by atoms with Gasteiger partial charge in [-0.1, -0.05) is 82.5 Å². The minimum absolute atomic E-state index is 0.100. The van der Waals surface area contributed by atoms with Crippen molar-refractivity contribution in [1.29, 1.82) is 0 Å². The molecule has 0 fully saturated rings. The summed E-state index contributed by atoms with van der Waals surface area (Å²) in [4.78, 5) is 16.4. The first kappa shape index (κ1) is 35.0. The molecule has 0 aliphatic heterocycles. The number of H-pyrrole nitrogens is 1. The highest BCUT2D eigenvalue weighted by atomic mass is 16.1. The highest BCUT2D eigenvalue weighted by molar-refractivity contribution is 6.05. The van der Waals surface area contributed by atoms with Gasteiger partial charge < -0.3 is 5.32 Å². The number of hydrogen-bond acceptors (Lipinski definition) is 3. The average Bonchev–Trinajstić information content (AvgIpc) is 3.42. The fraction of sp³-hybridized carbons (Fsp3) is 0.361. The third kappa shape index (κ3) is 12.0. The molecule has 41 heavy (non-hydrogen) atoms. The Morgan fingerprint density at radius 2 is 1.76 bits per heavy atom. The summed E-state index contributed by atoms with van der Waals surface area (Å²) in [7, 11) is 0. The Morgan fingerprint density at radius 3 is 2.32 bits per heavy atom. The van der Waals surface area contributed by atoms with Crippen LogP contribution in [0, 0.1) is 13.8 Å². The first-order valence-corrected chi connectivity index (χ1v) is 14.9. The number of benzene rings is 2. The molecular formula is C36H50N4O. The van der Waals surface area contributed by atoms with Gasteiger partial charge in [0, 0.05) is 34.1 Å². The second kappa shape index (κ2) is 20.0. The molecule has 2 heterocycles. The van der Waals surface area contributed by atoms with Gasteiger partial charge in [-0.05, 0) is 88.9 Å². The molecule has 0 atom stereocenters. The second-order valence-corrected chi connectivity index (χ2v) is 9.48. The van der Waals surface area contributed by atoms with Crippen LogP contribution in [0.2, 0.25) is 0 Å². The maximum atomic E-state index is 12.2. The van der Waals surface area contributed by atoms with Gasteiger partial charge in [-0.25, -0.2) is 0 Å². The fourth-order valence-electron chi connectivity index (χ4n) is 4.07. The van der Waals surface area contributed by atoms with Crippen LogP contribution in [-0.4, -0.2) is 21.1 Å². The summed E-state index contributed by atoms with van der Waals surface area (Å²) in [6, 6.07) is 17.1. The molecule has 0 radical (unpaired) electrons. The van der Waals surface area contributed by atoms with E-state index in [0.29, 0.717) is 5.56 Å². The molecule has 220 valence electrons. The van der Waals surface area contributed by atoms with E-state index < -0.39 is 0 Å². The maximum Gasteiger partial charge on any atom is 0.255 e. The summed E-state index contributed by atoms with van der Waals surface area (Å²) in [6.07, 6.45) is 12.5. The molecule has 2 aromatic heterocycles. The summed E-state index contributed by atoms with van der Waals surface area (Å²) < 4.78 is 0. The normalized spacial score (nSPS) is 10.9. The topological polar surface area (TPSA) is 70.7 Å². The Bertz CT molecular complexity index is 1380. The lowest BCUT2D eigenvalue weighted by atomic mass is 9.96. The zero-order valence-corrected chi connectivity index (χ0v) is 26.6. The molecular weight excluding hydrogens is 504 g/mol. The highest BCUT2D eigenvalue weighted by Crippen LogP contribution is 2.26. The third-order valence-corrected chi connectivity index (χ3v) is 6.31. The number of carbonyl (C=O) groups is 1. The number of nitrogens with one attached hydrogen (secondary N) is 2.